The fraction of sp³-hybridized carbons (Fsp3) is 0.250. The number of hydrogen-bond donors (Lipinski definition) is 3. The Morgan fingerprint density at radius 1 is 0.917 bits per heavy atom. The molecule has 4 rings (SSSR count). The fourth-order valence-electron chi connectivity index (χ4n) is 3.98. The molecule has 1 atom stereocenters. The van der Waals surface area contributed by atoms with Gasteiger partial charge in [-0.2, -0.15) is 0 Å². The summed E-state index contributed by atoms with van der Waals surface area (Å²) in [7, 11) is 0. The van der Waals surface area contributed by atoms with E-state index >= 15 is 0 Å². The molecule has 1 aliphatic heterocycles. The van der Waals surface area contributed by atoms with Crippen molar-refractivity contribution in [3.63, 3.8) is 0 Å². The molecule has 0 saturated heterocycles. The lowest BCUT2D eigenvalue weighted by Crippen LogP contribution is -2.50. The zero-order valence-electron chi connectivity index (χ0n) is 20.2. The summed E-state index contributed by atoms with van der Waals surface area (Å²) in [4.78, 5) is 40.3. The van der Waals surface area contributed by atoms with Gasteiger partial charge in [-0.15, -0.1) is 0 Å². The van der Waals surface area contributed by atoms with Gasteiger partial charge < -0.3 is 25.6 Å². The summed E-state index contributed by atoms with van der Waals surface area (Å²) in [5.74, 6) is -0.243. The van der Waals surface area contributed by atoms with E-state index in [-0.39, 0.29) is 30.8 Å². The van der Waals surface area contributed by atoms with E-state index in [2.05, 4.69) is 16.0 Å². The predicted octanol–water partition coefficient (Wildman–Crippen LogP) is 3.35. The quantitative estimate of drug-likeness (QED) is 0.431. The average molecular weight is 487 g/mol. The first kappa shape index (κ1) is 24.8. The number of hydrogen-bond acceptors (Lipinski definition) is 5. The summed E-state index contributed by atoms with van der Waals surface area (Å²) >= 11 is 0. The molecule has 0 radical (unpaired) electrons. The Balaban J connectivity index is 1.44. The van der Waals surface area contributed by atoms with E-state index in [1.807, 2.05) is 60.4 Å². The molecule has 3 aromatic carbocycles. The maximum absolute atomic E-state index is 13.1. The highest BCUT2D eigenvalue weighted by molar-refractivity contribution is 6.04. The van der Waals surface area contributed by atoms with Crippen LogP contribution in [-0.2, 0) is 16.1 Å². The monoisotopic (exact) mass is 486 g/mol. The van der Waals surface area contributed by atoms with Crippen molar-refractivity contribution in [1.29, 1.82) is 0 Å². The lowest BCUT2D eigenvalue weighted by atomic mass is 10.1. The molecule has 0 spiro atoms. The van der Waals surface area contributed by atoms with Gasteiger partial charge in [-0.3, -0.25) is 14.4 Å². The summed E-state index contributed by atoms with van der Waals surface area (Å²) in [6, 6.07) is 23.8. The number of nitrogens with zero attached hydrogens (tertiary/aromatic N) is 1. The number of nitrogens with one attached hydrogen (secondary N) is 3. The van der Waals surface area contributed by atoms with Crippen LogP contribution in [0.4, 0.5) is 11.4 Å². The van der Waals surface area contributed by atoms with Gasteiger partial charge in [0.15, 0.2) is 6.10 Å². The molecule has 0 aromatic heterocycles. The molecular weight excluding hydrogens is 456 g/mol. The van der Waals surface area contributed by atoms with Crippen LogP contribution in [0.25, 0.3) is 0 Å². The van der Waals surface area contributed by atoms with Crippen molar-refractivity contribution in [2.45, 2.75) is 26.0 Å². The highest BCUT2D eigenvalue weighted by Gasteiger charge is 2.31. The Kier molecular flexibility index (Phi) is 8.18. The van der Waals surface area contributed by atoms with Gasteiger partial charge in [0.2, 0.25) is 5.91 Å². The highest BCUT2D eigenvalue weighted by Crippen LogP contribution is 2.33. The number of amides is 3. The van der Waals surface area contributed by atoms with Crippen LogP contribution in [0.1, 0.15) is 29.3 Å². The smallest absolute Gasteiger partial charge is 0.262 e. The van der Waals surface area contributed by atoms with E-state index in [0.29, 0.717) is 30.1 Å². The normalized spacial score (nSPS) is 14.2. The number of anilines is 2. The molecule has 36 heavy (non-hydrogen) atoms. The molecule has 3 N–H and O–H groups in total. The molecule has 3 amide bonds. The van der Waals surface area contributed by atoms with Crippen LogP contribution in [0.3, 0.4) is 0 Å². The molecule has 3 aromatic rings. The topological polar surface area (TPSA) is 99.8 Å². The molecule has 1 aliphatic rings. The Bertz CT molecular complexity index is 1210. The minimum Gasteiger partial charge on any atom is -0.477 e. The summed E-state index contributed by atoms with van der Waals surface area (Å²) in [6.45, 7) is 3.16. The summed E-state index contributed by atoms with van der Waals surface area (Å²) in [5, 5.41) is 8.61. The third kappa shape index (κ3) is 6.21. The van der Waals surface area contributed by atoms with E-state index < -0.39 is 6.10 Å². The second-order valence-electron chi connectivity index (χ2n) is 8.51. The van der Waals surface area contributed by atoms with Crippen molar-refractivity contribution >= 4 is 29.1 Å². The molecular formula is C28H30N4O4. The molecule has 0 fully saturated rings. The van der Waals surface area contributed by atoms with Crippen molar-refractivity contribution in [1.82, 2.24) is 10.6 Å². The molecule has 8 heteroatoms. The van der Waals surface area contributed by atoms with Crippen LogP contribution in [-0.4, -0.2) is 43.5 Å². The average Bonchev–Trinajstić information content (AvgIpc) is 2.91. The first-order chi connectivity index (χ1) is 17.5. The van der Waals surface area contributed by atoms with Crippen LogP contribution >= 0.6 is 0 Å². The number of ether oxygens (including phenoxy) is 1. The lowest BCUT2D eigenvalue weighted by Gasteiger charge is -2.35. The van der Waals surface area contributed by atoms with Crippen molar-refractivity contribution in [2.75, 3.05) is 29.9 Å². The Hall–Kier alpha value is -4.33. The van der Waals surface area contributed by atoms with Crippen LogP contribution in [0.5, 0.6) is 5.75 Å². The fourth-order valence-corrected chi connectivity index (χ4v) is 3.98. The number of para-hydroxylation sites is 3. The second-order valence-corrected chi connectivity index (χ2v) is 8.51. The van der Waals surface area contributed by atoms with Gasteiger partial charge in [0.1, 0.15) is 5.75 Å². The molecule has 0 bridgehead atoms. The zero-order chi connectivity index (χ0) is 25.3. The lowest BCUT2D eigenvalue weighted by molar-refractivity contribution is -0.128. The maximum atomic E-state index is 13.1. The Morgan fingerprint density at radius 2 is 1.64 bits per heavy atom. The third-order valence-corrected chi connectivity index (χ3v) is 5.78. The zero-order valence-corrected chi connectivity index (χ0v) is 20.2. The van der Waals surface area contributed by atoms with Crippen molar-refractivity contribution in [2.24, 2.45) is 0 Å². The maximum Gasteiger partial charge on any atom is 0.262 e. The van der Waals surface area contributed by atoms with Crippen molar-refractivity contribution in [3.8, 4) is 5.75 Å². The van der Waals surface area contributed by atoms with E-state index in [1.54, 1.807) is 30.3 Å². The van der Waals surface area contributed by atoms with Gasteiger partial charge >= 0.3 is 0 Å². The standard InChI is InChI=1S/C28H30N4O4/c1-2-16-29-28(35)25-18-32(23-14-8-9-15-24(23)36-25)19-26(33)31-22-13-7-6-12-21(22)27(34)30-17-20-10-4-3-5-11-20/h3-15,25H,2,16-19H2,1H3,(H,29,35)(H,30,34)(H,31,33). The molecule has 1 heterocycles. The van der Waals surface area contributed by atoms with Gasteiger partial charge in [-0.25, -0.2) is 0 Å². The number of benzene rings is 3. The van der Waals surface area contributed by atoms with Gasteiger partial charge in [-0.05, 0) is 36.2 Å². The van der Waals surface area contributed by atoms with E-state index in [4.69, 9.17) is 4.74 Å². The molecule has 8 nitrogen and oxygen atoms in total. The van der Waals surface area contributed by atoms with Crippen LogP contribution in [0.15, 0.2) is 78.9 Å². The Labute approximate surface area is 210 Å². The van der Waals surface area contributed by atoms with Crippen molar-refractivity contribution in [3.05, 3.63) is 90.0 Å². The Morgan fingerprint density at radius 3 is 2.44 bits per heavy atom. The molecule has 186 valence electrons. The van der Waals surface area contributed by atoms with E-state index in [1.165, 1.54) is 0 Å². The van der Waals surface area contributed by atoms with Gasteiger partial charge in [0.05, 0.1) is 30.0 Å². The highest BCUT2D eigenvalue weighted by atomic mass is 16.5. The molecule has 1 unspecified atom stereocenters. The summed E-state index contributed by atoms with van der Waals surface area (Å²) in [6.07, 6.45) is 0.0924. The molecule has 0 aliphatic carbocycles. The summed E-state index contributed by atoms with van der Waals surface area (Å²) in [5.41, 5.74) is 2.52. The van der Waals surface area contributed by atoms with Gasteiger partial charge in [0.25, 0.3) is 11.8 Å². The largest absolute Gasteiger partial charge is 0.477 e. The minimum atomic E-state index is -0.727. The third-order valence-electron chi connectivity index (χ3n) is 5.78. The number of rotatable bonds is 9. The molecule has 0 saturated carbocycles. The summed E-state index contributed by atoms with van der Waals surface area (Å²) < 4.78 is 5.90. The number of fused-ring (bicyclic) bond motifs is 1. The number of carbonyl (C=O) groups excluding carboxylic acids is 3. The first-order valence-corrected chi connectivity index (χ1v) is 12.0. The van der Waals surface area contributed by atoms with E-state index in [9.17, 15) is 14.4 Å². The predicted molar refractivity (Wildman–Crippen MR) is 139 cm³/mol. The van der Waals surface area contributed by atoms with Crippen LogP contribution in [0, 0.1) is 0 Å². The second kappa shape index (κ2) is 11.9. The SMILES string of the molecule is CCCNC(=O)C1CN(CC(=O)Nc2ccccc2C(=O)NCc2ccccc2)c2ccccc2O1. The van der Waals surface area contributed by atoms with Crippen LogP contribution < -0.4 is 25.6 Å². The number of carbonyl (C=O) groups is 3. The van der Waals surface area contributed by atoms with Crippen molar-refractivity contribution < 1.29 is 19.1 Å². The van der Waals surface area contributed by atoms with Gasteiger partial charge in [-0.1, -0.05) is 61.5 Å². The minimum absolute atomic E-state index is 0.00208. The first-order valence-electron chi connectivity index (χ1n) is 12.0. The van der Waals surface area contributed by atoms with Gasteiger partial charge in [0, 0.05) is 13.1 Å². The van der Waals surface area contributed by atoms with E-state index in [0.717, 1.165) is 17.7 Å². The van der Waals surface area contributed by atoms with Crippen LogP contribution in [0.2, 0.25) is 0 Å².